The third kappa shape index (κ3) is 3.94. The van der Waals surface area contributed by atoms with E-state index in [1.165, 1.54) is 11.8 Å². The first kappa shape index (κ1) is 18.1. The molecule has 0 saturated heterocycles. The average Bonchev–Trinajstić information content (AvgIpc) is 3.06. The molecule has 3 rings (SSSR count). The molecule has 1 N–H and O–H groups in total. The quantitative estimate of drug-likeness (QED) is 0.671. The highest BCUT2D eigenvalue weighted by molar-refractivity contribution is 8.00. The third-order valence-corrected chi connectivity index (χ3v) is 5.09. The minimum Gasteiger partial charge on any atom is -0.325 e. The first-order chi connectivity index (χ1) is 12.6. The smallest absolute Gasteiger partial charge is 0.237 e. The molecule has 134 valence electrons. The fourth-order valence-corrected chi connectivity index (χ4v) is 3.44. The van der Waals surface area contributed by atoms with Crippen LogP contribution in [0.3, 0.4) is 0 Å². The fraction of sp³-hybridized carbons (Fsp3) is 0.263. The van der Waals surface area contributed by atoms with E-state index in [9.17, 15) is 4.79 Å². The number of aryl methyl sites for hydroxylation is 1. The molecule has 0 aliphatic carbocycles. The Morgan fingerprint density at radius 2 is 2.04 bits per heavy atom. The number of hydrogen-bond donors (Lipinski definition) is 1. The predicted molar refractivity (Wildman–Crippen MR) is 104 cm³/mol. The average molecular weight is 367 g/mol. The Bertz CT molecular complexity index is 894. The van der Waals surface area contributed by atoms with Crippen LogP contribution >= 0.6 is 11.8 Å². The summed E-state index contributed by atoms with van der Waals surface area (Å²) >= 11 is 1.40. The van der Waals surface area contributed by atoms with Crippen molar-refractivity contribution in [3.05, 3.63) is 54.4 Å². The van der Waals surface area contributed by atoms with Crippen LogP contribution in [0.2, 0.25) is 0 Å². The molecule has 7 heteroatoms. The first-order valence-corrected chi connectivity index (χ1v) is 9.35. The van der Waals surface area contributed by atoms with Crippen LogP contribution in [0.1, 0.15) is 19.4 Å². The van der Waals surface area contributed by atoms with Crippen LogP contribution in [0.4, 0.5) is 5.69 Å². The van der Waals surface area contributed by atoms with Crippen molar-refractivity contribution in [1.82, 2.24) is 19.7 Å². The van der Waals surface area contributed by atoms with Crippen molar-refractivity contribution in [1.29, 1.82) is 0 Å². The number of nitrogens with one attached hydrogen (secondary N) is 1. The third-order valence-electron chi connectivity index (χ3n) is 4.01. The number of amides is 1. The van der Waals surface area contributed by atoms with Gasteiger partial charge in [-0.05, 0) is 44.5 Å². The van der Waals surface area contributed by atoms with E-state index < -0.39 is 0 Å². The zero-order valence-corrected chi connectivity index (χ0v) is 15.8. The molecule has 0 fully saturated rings. The largest absolute Gasteiger partial charge is 0.325 e. The lowest BCUT2D eigenvalue weighted by molar-refractivity contribution is -0.115. The lowest BCUT2D eigenvalue weighted by Gasteiger charge is -2.14. The number of thioether (sulfide) groups is 1. The number of nitrogens with zero attached hydrogens (tertiary/aromatic N) is 4. The summed E-state index contributed by atoms with van der Waals surface area (Å²) in [4.78, 5) is 16.7. The summed E-state index contributed by atoms with van der Waals surface area (Å²) in [7, 11) is 0. The van der Waals surface area contributed by atoms with Gasteiger partial charge in [-0.1, -0.05) is 30.0 Å². The molecule has 1 aromatic carbocycles. The molecule has 2 heterocycles. The maximum atomic E-state index is 12.5. The van der Waals surface area contributed by atoms with E-state index in [1.54, 1.807) is 12.4 Å². The highest BCUT2D eigenvalue weighted by Gasteiger charge is 2.20. The molecule has 2 aromatic heterocycles. The molecule has 0 unspecified atom stereocenters. The van der Waals surface area contributed by atoms with Gasteiger partial charge in [0.15, 0.2) is 11.0 Å². The van der Waals surface area contributed by atoms with E-state index in [4.69, 9.17) is 0 Å². The van der Waals surface area contributed by atoms with E-state index in [2.05, 4.69) is 20.5 Å². The first-order valence-electron chi connectivity index (χ1n) is 8.47. The maximum absolute atomic E-state index is 12.5. The lowest BCUT2D eigenvalue weighted by atomic mass is 10.2. The molecule has 0 saturated carbocycles. The van der Waals surface area contributed by atoms with Crippen LogP contribution in [0.15, 0.2) is 53.9 Å². The number of carbonyl (C=O) groups is 1. The minimum absolute atomic E-state index is 0.0575. The van der Waals surface area contributed by atoms with Crippen LogP contribution in [-0.4, -0.2) is 30.9 Å². The minimum atomic E-state index is -0.300. The van der Waals surface area contributed by atoms with Gasteiger partial charge in [-0.3, -0.25) is 9.78 Å². The summed E-state index contributed by atoms with van der Waals surface area (Å²) in [6, 6.07) is 11.6. The molecule has 26 heavy (non-hydrogen) atoms. The second-order valence-electron chi connectivity index (χ2n) is 5.86. The summed E-state index contributed by atoms with van der Waals surface area (Å²) in [5.41, 5.74) is 2.78. The standard InChI is InChI=1S/C19H21N5OS/c1-4-24-17(15-9-7-11-20-12-15)22-23-19(24)26-14(3)18(25)21-16-10-6-5-8-13(16)2/h5-12,14H,4H2,1-3H3,(H,21,25)/t14-/m0/s1. The van der Waals surface area contributed by atoms with Crippen LogP contribution < -0.4 is 5.32 Å². The summed E-state index contributed by atoms with van der Waals surface area (Å²) in [5.74, 6) is 0.701. The Hall–Kier alpha value is -2.67. The van der Waals surface area contributed by atoms with Crippen LogP contribution in [0, 0.1) is 6.92 Å². The van der Waals surface area contributed by atoms with E-state index >= 15 is 0 Å². The maximum Gasteiger partial charge on any atom is 0.237 e. The Morgan fingerprint density at radius 3 is 2.73 bits per heavy atom. The van der Waals surface area contributed by atoms with Gasteiger partial charge in [-0.25, -0.2) is 0 Å². The number of para-hydroxylation sites is 1. The Labute approximate surface area is 157 Å². The zero-order valence-electron chi connectivity index (χ0n) is 15.0. The highest BCUT2D eigenvalue weighted by atomic mass is 32.2. The van der Waals surface area contributed by atoms with Crippen molar-refractivity contribution < 1.29 is 4.79 Å². The van der Waals surface area contributed by atoms with Crippen LogP contribution in [-0.2, 0) is 11.3 Å². The van der Waals surface area contributed by atoms with Crippen molar-refractivity contribution in [3.8, 4) is 11.4 Å². The molecule has 0 aliphatic heterocycles. The molecule has 0 bridgehead atoms. The summed E-state index contributed by atoms with van der Waals surface area (Å²) in [6.45, 7) is 6.59. The summed E-state index contributed by atoms with van der Waals surface area (Å²) in [5, 5.41) is 12.0. The highest BCUT2D eigenvalue weighted by Crippen LogP contribution is 2.27. The van der Waals surface area contributed by atoms with Crippen molar-refractivity contribution in [2.24, 2.45) is 0 Å². The summed E-state index contributed by atoms with van der Waals surface area (Å²) in [6.07, 6.45) is 3.49. The topological polar surface area (TPSA) is 72.7 Å². The van der Waals surface area contributed by atoms with Gasteiger partial charge in [0.25, 0.3) is 0 Å². The predicted octanol–water partition coefficient (Wildman–Crippen LogP) is 3.79. The van der Waals surface area contributed by atoms with E-state index in [-0.39, 0.29) is 11.2 Å². The van der Waals surface area contributed by atoms with Crippen LogP contribution in [0.5, 0.6) is 0 Å². The number of hydrogen-bond acceptors (Lipinski definition) is 5. The number of anilines is 1. The van der Waals surface area contributed by atoms with Crippen molar-refractivity contribution in [3.63, 3.8) is 0 Å². The van der Waals surface area contributed by atoms with E-state index in [0.717, 1.165) is 27.8 Å². The zero-order chi connectivity index (χ0) is 18.5. The van der Waals surface area contributed by atoms with Gasteiger partial charge in [0.2, 0.25) is 5.91 Å². The second-order valence-corrected chi connectivity index (χ2v) is 7.16. The molecule has 6 nitrogen and oxygen atoms in total. The molecular weight excluding hydrogens is 346 g/mol. The molecule has 1 atom stereocenters. The normalized spacial score (nSPS) is 12.0. The number of pyridine rings is 1. The molecule has 1 amide bonds. The molecule has 3 aromatic rings. The van der Waals surface area contributed by atoms with Gasteiger partial charge in [-0.2, -0.15) is 0 Å². The van der Waals surface area contributed by atoms with Gasteiger partial charge in [0, 0.05) is 30.2 Å². The fourth-order valence-electron chi connectivity index (χ4n) is 2.53. The molecule has 0 radical (unpaired) electrons. The van der Waals surface area contributed by atoms with Gasteiger partial charge in [0.1, 0.15) is 0 Å². The van der Waals surface area contributed by atoms with Gasteiger partial charge in [0.05, 0.1) is 5.25 Å². The van der Waals surface area contributed by atoms with E-state index in [0.29, 0.717) is 6.54 Å². The van der Waals surface area contributed by atoms with Gasteiger partial charge < -0.3 is 9.88 Å². The Kier molecular flexibility index (Phi) is 5.68. The van der Waals surface area contributed by atoms with E-state index in [1.807, 2.05) is 61.7 Å². The summed E-state index contributed by atoms with van der Waals surface area (Å²) < 4.78 is 2.00. The molecule has 0 spiro atoms. The molecular formula is C19H21N5OS. The number of benzene rings is 1. The van der Waals surface area contributed by atoms with Crippen molar-refractivity contribution in [2.75, 3.05) is 5.32 Å². The number of rotatable bonds is 6. The lowest BCUT2D eigenvalue weighted by Crippen LogP contribution is -2.23. The Balaban J connectivity index is 1.75. The SMILES string of the molecule is CCn1c(S[C@@H](C)C(=O)Nc2ccccc2C)nnc1-c1cccnc1. The number of carbonyl (C=O) groups excluding carboxylic acids is 1. The number of aromatic nitrogens is 4. The van der Waals surface area contributed by atoms with Crippen LogP contribution in [0.25, 0.3) is 11.4 Å². The van der Waals surface area contributed by atoms with Gasteiger partial charge in [-0.15, -0.1) is 10.2 Å². The van der Waals surface area contributed by atoms with Crippen molar-refractivity contribution >= 4 is 23.4 Å². The Morgan fingerprint density at radius 1 is 1.23 bits per heavy atom. The monoisotopic (exact) mass is 367 g/mol. The second kappa shape index (κ2) is 8.14. The van der Waals surface area contributed by atoms with Crippen molar-refractivity contribution in [2.45, 2.75) is 37.7 Å². The molecule has 0 aliphatic rings. The van der Waals surface area contributed by atoms with Gasteiger partial charge >= 0.3 is 0 Å².